The number of nitrogens with zero attached hydrogens (tertiary/aromatic N) is 4. The molecule has 3 heterocycles. The second-order valence-electron chi connectivity index (χ2n) is 9.41. The molecule has 0 radical (unpaired) electrons. The summed E-state index contributed by atoms with van der Waals surface area (Å²) in [6, 6.07) is 9.74. The molecule has 0 unspecified atom stereocenters. The van der Waals surface area contributed by atoms with Crippen LogP contribution in [0.3, 0.4) is 0 Å². The monoisotopic (exact) mass is 521 g/mol. The van der Waals surface area contributed by atoms with Gasteiger partial charge in [-0.15, -0.1) is 0 Å². The molecule has 0 aliphatic carbocycles. The number of carbonyl (C=O) groups is 1. The Morgan fingerprint density at radius 3 is 2.54 bits per heavy atom. The van der Waals surface area contributed by atoms with Crippen LogP contribution in [0.25, 0.3) is 22.0 Å². The predicted molar refractivity (Wildman–Crippen MR) is 140 cm³/mol. The third-order valence-corrected chi connectivity index (χ3v) is 6.52. The Bertz CT molecular complexity index is 1490. The Labute approximate surface area is 218 Å². The van der Waals surface area contributed by atoms with Crippen LogP contribution in [0.5, 0.6) is 0 Å². The van der Waals surface area contributed by atoms with E-state index in [0.29, 0.717) is 46.5 Å². The second-order valence-corrected chi connectivity index (χ2v) is 9.81. The molecule has 2 N–H and O–H groups in total. The van der Waals surface area contributed by atoms with Gasteiger partial charge in [-0.2, -0.15) is 0 Å². The highest BCUT2D eigenvalue weighted by Gasteiger charge is 2.25. The Hall–Kier alpha value is -3.82. The zero-order chi connectivity index (χ0) is 26.3. The van der Waals surface area contributed by atoms with Gasteiger partial charge in [0.2, 0.25) is 0 Å². The fourth-order valence-corrected chi connectivity index (χ4v) is 4.45. The number of pyridine rings is 1. The number of benzene rings is 2. The van der Waals surface area contributed by atoms with Crippen LogP contribution in [0.1, 0.15) is 38.2 Å². The summed E-state index contributed by atoms with van der Waals surface area (Å²) in [5.74, 6) is -0.0834. The van der Waals surface area contributed by atoms with Gasteiger partial charge in [0, 0.05) is 40.8 Å². The maximum absolute atomic E-state index is 14.9. The van der Waals surface area contributed by atoms with Gasteiger partial charge in [0.05, 0.1) is 28.8 Å². The normalized spacial score (nSPS) is 14.6. The van der Waals surface area contributed by atoms with Gasteiger partial charge >= 0.3 is 6.09 Å². The zero-order valence-corrected chi connectivity index (χ0v) is 21.3. The van der Waals surface area contributed by atoms with Gasteiger partial charge in [-0.05, 0) is 56.7 Å². The average Bonchev–Trinajstić information content (AvgIpc) is 3.31. The van der Waals surface area contributed by atoms with Gasteiger partial charge in [-0.25, -0.2) is 19.2 Å². The lowest BCUT2D eigenvalue weighted by Gasteiger charge is -2.21. The smallest absolute Gasteiger partial charge is 0.414 e. The molecule has 10 heteroatoms. The molecule has 0 spiro atoms. The van der Waals surface area contributed by atoms with Gasteiger partial charge in [0.1, 0.15) is 18.0 Å². The summed E-state index contributed by atoms with van der Waals surface area (Å²) in [6.07, 6.45) is 4.40. The molecule has 1 aliphatic rings. The second kappa shape index (κ2) is 9.57. The number of hydrogen-bond acceptors (Lipinski definition) is 7. The molecule has 1 fully saturated rings. The largest absolute Gasteiger partial charge is 0.447 e. The number of nitrogens with one attached hydrogen (secondary N) is 1. The molecule has 4 aromatic rings. The van der Waals surface area contributed by atoms with E-state index in [9.17, 15) is 14.3 Å². The molecule has 8 nitrogen and oxygen atoms in total. The summed E-state index contributed by atoms with van der Waals surface area (Å²) in [4.78, 5) is 26.5. The Morgan fingerprint density at radius 1 is 1.11 bits per heavy atom. The molecular formula is C27H25ClFN5O3. The maximum atomic E-state index is 14.9. The summed E-state index contributed by atoms with van der Waals surface area (Å²) in [6.45, 7) is 5.78. The minimum atomic E-state index is -1.14. The maximum Gasteiger partial charge on any atom is 0.414 e. The SMILES string of the molecule is C[C@@H](Nc1c(Cl)cnc2ccc(-c3cnc(C(C)(C)O)nc3)cc12)c1cc(N2CCOC2=O)ccc1F. The molecule has 1 saturated heterocycles. The van der Waals surface area contributed by atoms with E-state index in [1.807, 2.05) is 25.1 Å². The van der Waals surface area contributed by atoms with E-state index < -0.39 is 23.6 Å². The van der Waals surface area contributed by atoms with Crippen molar-refractivity contribution in [3.63, 3.8) is 0 Å². The number of rotatable bonds is 6. The lowest BCUT2D eigenvalue weighted by Crippen LogP contribution is -2.23. The van der Waals surface area contributed by atoms with Crippen molar-refractivity contribution < 1.29 is 19.0 Å². The number of hydrogen-bond donors (Lipinski definition) is 2. The van der Waals surface area contributed by atoms with Crippen LogP contribution in [0, 0.1) is 5.82 Å². The van der Waals surface area contributed by atoms with E-state index in [4.69, 9.17) is 16.3 Å². The van der Waals surface area contributed by atoms with E-state index in [1.165, 1.54) is 11.0 Å². The molecule has 0 bridgehead atoms. The number of ether oxygens (including phenoxy) is 1. The van der Waals surface area contributed by atoms with Gasteiger partial charge in [-0.1, -0.05) is 17.7 Å². The number of aromatic nitrogens is 3. The molecule has 0 saturated carbocycles. The van der Waals surface area contributed by atoms with E-state index >= 15 is 0 Å². The molecule has 37 heavy (non-hydrogen) atoms. The first-order valence-corrected chi connectivity index (χ1v) is 12.1. The van der Waals surface area contributed by atoms with E-state index in [0.717, 1.165) is 16.5 Å². The third-order valence-electron chi connectivity index (χ3n) is 6.23. The van der Waals surface area contributed by atoms with Crippen molar-refractivity contribution in [3.05, 3.63) is 77.2 Å². The summed E-state index contributed by atoms with van der Waals surface area (Å²) < 4.78 is 19.9. The first-order valence-electron chi connectivity index (χ1n) is 11.8. The third kappa shape index (κ3) is 4.92. The molecule has 1 amide bonds. The van der Waals surface area contributed by atoms with E-state index in [2.05, 4.69) is 20.3 Å². The number of anilines is 2. The van der Waals surface area contributed by atoms with Gasteiger partial charge < -0.3 is 15.2 Å². The Morgan fingerprint density at radius 2 is 1.86 bits per heavy atom. The summed E-state index contributed by atoms with van der Waals surface area (Å²) >= 11 is 6.56. The van der Waals surface area contributed by atoms with Crippen molar-refractivity contribution in [2.24, 2.45) is 0 Å². The first kappa shape index (κ1) is 24.9. The molecule has 2 aromatic heterocycles. The van der Waals surface area contributed by atoms with Crippen LogP contribution in [-0.4, -0.2) is 39.3 Å². The van der Waals surface area contributed by atoms with Crippen LogP contribution in [0.15, 0.2) is 55.0 Å². The number of halogens is 2. The Balaban J connectivity index is 1.50. The number of fused-ring (bicyclic) bond motifs is 1. The minimum Gasteiger partial charge on any atom is -0.447 e. The molecule has 1 atom stereocenters. The minimum absolute atomic E-state index is 0.297. The van der Waals surface area contributed by atoms with Crippen molar-refractivity contribution in [3.8, 4) is 11.1 Å². The van der Waals surface area contributed by atoms with Gasteiger partial charge in [0.25, 0.3) is 0 Å². The first-order chi connectivity index (χ1) is 17.6. The number of carbonyl (C=O) groups excluding carboxylic acids is 1. The number of amides is 1. The fourth-order valence-electron chi connectivity index (χ4n) is 4.24. The van der Waals surface area contributed by atoms with Crippen LogP contribution in [-0.2, 0) is 10.3 Å². The fraction of sp³-hybridized carbons (Fsp3) is 0.259. The van der Waals surface area contributed by atoms with Crippen molar-refractivity contribution >= 4 is 40.0 Å². The lowest BCUT2D eigenvalue weighted by molar-refractivity contribution is 0.0687. The summed E-state index contributed by atoms with van der Waals surface area (Å²) in [5, 5.41) is 14.6. The zero-order valence-electron chi connectivity index (χ0n) is 20.5. The van der Waals surface area contributed by atoms with Crippen LogP contribution < -0.4 is 10.2 Å². The van der Waals surface area contributed by atoms with Gasteiger partial charge in [0.15, 0.2) is 5.82 Å². The average molecular weight is 522 g/mol. The Kier molecular flexibility index (Phi) is 6.43. The molecule has 5 rings (SSSR count). The van der Waals surface area contributed by atoms with Crippen molar-refractivity contribution in [1.29, 1.82) is 0 Å². The lowest BCUT2D eigenvalue weighted by atomic mass is 10.0. The highest BCUT2D eigenvalue weighted by atomic mass is 35.5. The molecule has 190 valence electrons. The topological polar surface area (TPSA) is 100 Å². The quantitative estimate of drug-likeness (QED) is 0.328. The number of aliphatic hydroxyl groups is 1. The van der Waals surface area contributed by atoms with Gasteiger partial charge in [-0.3, -0.25) is 9.88 Å². The highest BCUT2D eigenvalue weighted by Crippen LogP contribution is 2.36. The van der Waals surface area contributed by atoms with Crippen LogP contribution >= 0.6 is 11.6 Å². The van der Waals surface area contributed by atoms with Crippen molar-refractivity contribution in [2.75, 3.05) is 23.4 Å². The summed E-state index contributed by atoms with van der Waals surface area (Å²) in [5.41, 5.74) is 2.68. The molecular weight excluding hydrogens is 497 g/mol. The van der Waals surface area contributed by atoms with E-state index in [1.54, 1.807) is 44.6 Å². The van der Waals surface area contributed by atoms with E-state index in [-0.39, 0.29) is 0 Å². The number of cyclic esters (lactones) is 1. The van der Waals surface area contributed by atoms with Crippen LogP contribution in [0.4, 0.5) is 20.6 Å². The van der Waals surface area contributed by atoms with Crippen molar-refractivity contribution in [1.82, 2.24) is 15.0 Å². The van der Waals surface area contributed by atoms with Crippen LogP contribution in [0.2, 0.25) is 5.02 Å². The molecule has 1 aliphatic heterocycles. The highest BCUT2D eigenvalue weighted by molar-refractivity contribution is 6.34. The summed E-state index contributed by atoms with van der Waals surface area (Å²) in [7, 11) is 0. The standard InChI is InChI=1S/C27H25ClFN5O3/c1-15(19-11-18(5-6-22(19)29)34-8-9-37-26(34)35)33-24-20-10-16(4-7-23(20)30-14-21(24)28)17-12-31-25(32-13-17)27(2,3)36/h4-7,10-15,36H,8-9H2,1-3H3,(H,30,33)/t15-/m1/s1. The van der Waals surface area contributed by atoms with Crippen molar-refractivity contribution in [2.45, 2.75) is 32.4 Å². The molecule has 2 aromatic carbocycles. The predicted octanol–water partition coefficient (Wildman–Crippen LogP) is 5.84.